The Kier molecular flexibility index (Phi) is 4.46. The quantitative estimate of drug-likeness (QED) is 0.844. The van der Waals surface area contributed by atoms with Gasteiger partial charge in [0.05, 0.1) is 10.5 Å². The van der Waals surface area contributed by atoms with Gasteiger partial charge in [-0.15, -0.1) is 11.8 Å². The van der Waals surface area contributed by atoms with Gasteiger partial charge < -0.3 is 5.32 Å². The molecule has 132 valence electrons. The lowest BCUT2D eigenvalue weighted by molar-refractivity contribution is 0.0979. The lowest BCUT2D eigenvalue weighted by Crippen LogP contribution is -2.21. The molecule has 6 nitrogen and oxygen atoms in total. The molecule has 2 aliphatic rings. The molecule has 2 aliphatic carbocycles. The summed E-state index contributed by atoms with van der Waals surface area (Å²) in [5.41, 5.74) is 0.714. The molecule has 2 N–H and O–H groups in total. The van der Waals surface area contributed by atoms with E-state index in [0.717, 1.165) is 5.75 Å². The zero-order chi connectivity index (χ0) is 18.1. The van der Waals surface area contributed by atoms with Gasteiger partial charge in [0, 0.05) is 17.5 Å². The summed E-state index contributed by atoms with van der Waals surface area (Å²) in [6, 6.07) is 8.92. The normalized spacial score (nSPS) is 16.7. The van der Waals surface area contributed by atoms with E-state index in [1.165, 1.54) is 37.1 Å². The first kappa shape index (κ1) is 16.8. The van der Waals surface area contributed by atoms with Gasteiger partial charge in [0.1, 0.15) is 11.4 Å². The van der Waals surface area contributed by atoms with E-state index in [0.29, 0.717) is 16.5 Å². The Balaban J connectivity index is 1.56. The number of allylic oxidation sites excluding steroid dienone is 2. The van der Waals surface area contributed by atoms with E-state index in [-0.39, 0.29) is 28.5 Å². The number of anilines is 1. The molecule has 1 heterocycles. The monoisotopic (exact) mass is 367 g/mol. The standard InChI is InChI=1S/C19H17N3O3S/c23-13-9-14(26-10-11-5-4-6-11)18(24)15-16(13)21-22-17(15)19(25)20-12-7-2-1-3-8-12/h1-3,7-9,11H,4-6,10H2,(H,20,25)(H,21,22). The van der Waals surface area contributed by atoms with Crippen LogP contribution in [0, 0.1) is 5.92 Å². The van der Waals surface area contributed by atoms with E-state index < -0.39 is 5.91 Å². The fraction of sp³-hybridized carbons (Fsp3) is 0.263. The van der Waals surface area contributed by atoms with E-state index in [9.17, 15) is 14.4 Å². The lowest BCUT2D eigenvalue weighted by Gasteiger charge is -2.25. The number of carbonyl (C=O) groups excluding carboxylic acids is 3. The number of amides is 1. The Hall–Kier alpha value is -2.67. The minimum Gasteiger partial charge on any atom is -0.321 e. The topological polar surface area (TPSA) is 91.9 Å². The van der Waals surface area contributed by atoms with Gasteiger partial charge in [-0.1, -0.05) is 24.6 Å². The highest BCUT2D eigenvalue weighted by molar-refractivity contribution is 8.04. The summed E-state index contributed by atoms with van der Waals surface area (Å²) in [4.78, 5) is 38.1. The fourth-order valence-electron chi connectivity index (χ4n) is 2.97. The second kappa shape index (κ2) is 6.92. The van der Waals surface area contributed by atoms with E-state index in [2.05, 4.69) is 15.5 Å². The smallest absolute Gasteiger partial charge is 0.274 e. The first-order valence-electron chi connectivity index (χ1n) is 8.52. The van der Waals surface area contributed by atoms with Crippen LogP contribution in [-0.2, 0) is 0 Å². The number of para-hydroxylation sites is 1. The summed E-state index contributed by atoms with van der Waals surface area (Å²) in [5, 5.41) is 9.17. The van der Waals surface area contributed by atoms with E-state index >= 15 is 0 Å². The summed E-state index contributed by atoms with van der Waals surface area (Å²) >= 11 is 1.40. The molecule has 7 heteroatoms. The molecule has 0 radical (unpaired) electrons. The molecule has 2 aromatic rings. The number of hydrogen-bond acceptors (Lipinski definition) is 5. The van der Waals surface area contributed by atoms with Crippen molar-refractivity contribution in [3.05, 3.63) is 58.3 Å². The molecule has 0 bridgehead atoms. The number of nitrogens with zero attached hydrogens (tertiary/aromatic N) is 1. The average Bonchev–Trinajstić information content (AvgIpc) is 3.04. The molecule has 1 amide bonds. The van der Waals surface area contributed by atoms with Crippen molar-refractivity contribution in [1.82, 2.24) is 10.2 Å². The van der Waals surface area contributed by atoms with Crippen LogP contribution in [0.3, 0.4) is 0 Å². The van der Waals surface area contributed by atoms with Crippen molar-refractivity contribution in [2.75, 3.05) is 11.1 Å². The van der Waals surface area contributed by atoms with E-state index in [1.54, 1.807) is 24.3 Å². The zero-order valence-corrected chi connectivity index (χ0v) is 14.8. The van der Waals surface area contributed by atoms with Crippen molar-refractivity contribution in [3.63, 3.8) is 0 Å². The third kappa shape index (κ3) is 3.10. The second-order valence-electron chi connectivity index (χ2n) is 6.45. The number of nitrogens with one attached hydrogen (secondary N) is 2. The van der Waals surface area contributed by atoms with Gasteiger partial charge in [-0.3, -0.25) is 19.5 Å². The molecule has 1 aromatic heterocycles. The Labute approximate surface area is 154 Å². The third-order valence-corrected chi connectivity index (χ3v) is 5.92. The first-order valence-corrected chi connectivity index (χ1v) is 9.50. The Morgan fingerprint density at radius 1 is 1.23 bits per heavy atom. The molecule has 0 aliphatic heterocycles. The van der Waals surface area contributed by atoms with Crippen LogP contribution >= 0.6 is 11.8 Å². The number of fused-ring (bicyclic) bond motifs is 1. The van der Waals surface area contributed by atoms with Crippen molar-refractivity contribution in [2.24, 2.45) is 5.92 Å². The second-order valence-corrected chi connectivity index (χ2v) is 7.51. The van der Waals surface area contributed by atoms with Crippen LogP contribution in [-0.4, -0.2) is 33.4 Å². The third-order valence-electron chi connectivity index (χ3n) is 4.67. The van der Waals surface area contributed by atoms with Crippen LogP contribution in [0.15, 0.2) is 41.3 Å². The number of aromatic amines is 1. The number of benzene rings is 1. The average molecular weight is 367 g/mol. The maximum Gasteiger partial charge on any atom is 0.274 e. The van der Waals surface area contributed by atoms with Crippen LogP contribution in [0.2, 0.25) is 0 Å². The Morgan fingerprint density at radius 3 is 2.69 bits per heavy atom. The van der Waals surface area contributed by atoms with Gasteiger partial charge in [-0.05, 0) is 30.9 Å². The summed E-state index contributed by atoms with van der Waals surface area (Å²) < 4.78 is 0. The van der Waals surface area contributed by atoms with Gasteiger partial charge in [0.2, 0.25) is 11.6 Å². The SMILES string of the molecule is O=C1C=C(SCC2CCC2)C(=O)c2c1n[nH]c2C(=O)Nc1ccccc1. The van der Waals surface area contributed by atoms with Crippen molar-refractivity contribution in [3.8, 4) is 0 Å². The highest BCUT2D eigenvalue weighted by atomic mass is 32.2. The van der Waals surface area contributed by atoms with Crippen LogP contribution in [0.4, 0.5) is 5.69 Å². The zero-order valence-electron chi connectivity index (χ0n) is 14.0. The van der Waals surface area contributed by atoms with Gasteiger partial charge in [-0.25, -0.2) is 0 Å². The number of hydrogen-bond donors (Lipinski definition) is 2. The minimum absolute atomic E-state index is 0.0150. The molecule has 0 spiro atoms. The number of carbonyl (C=O) groups is 3. The summed E-state index contributed by atoms with van der Waals surface area (Å²) in [6.07, 6.45) is 4.91. The minimum atomic E-state index is -0.489. The van der Waals surface area contributed by atoms with Crippen LogP contribution in [0.1, 0.15) is 50.6 Å². The molecule has 0 unspecified atom stereocenters. The largest absolute Gasteiger partial charge is 0.321 e. The predicted octanol–water partition coefficient (Wildman–Crippen LogP) is 3.46. The van der Waals surface area contributed by atoms with Gasteiger partial charge in [0.25, 0.3) is 5.91 Å². The van der Waals surface area contributed by atoms with E-state index in [4.69, 9.17) is 0 Å². The van der Waals surface area contributed by atoms with Crippen LogP contribution < -0.4 is 5.32 Å². The number of H-pyrrole nitrogens is 1. The molecule has 0 saturated heterocycles. The molecule has 0 atom stereocenters. The maximum absolute atomic E-state index is 12.8. The molecule has 1 fully saturated rings. The van der Waals surface area contributed by atoms with Crippen molar-refractivity contribution < 1.29 is 14.4 Å². The maximum atomic E-state index is 12.8. The Bertz CT molecular complexity index is 913. The number of thioether (sulfide) groups is 1. The molecular weight excluding hydrogens is 350 g/mol. The first-order chi connectivity index (χ1) is 12.6. The molecule has 26 heavy (non-hydrogen) atoms. The number of aromatic nitrogens is 2. The molecule has 1 aromatic carbocycles. The van der Waals surface area contributed by atoms with Gasteiger partial charge in [0.15, 0.2) is 0 Å². The summed E-state index contributed by atoms with van der Waals surface area (Å²) in [7, 11) is 0. The summed E-state index contributed by atoms with van der Waals surface area (Å²) in [5.74, 6) is 0.289. The van der Waals surface area contributed by atoms with Crippen LogP contribution in [0.25, 0.3) is 0 Å². The van der Waals surface area contributed by atoms with Crippen molar-refractivity contribution in [1.29, 1.82) is 0 Å². The van der Waals surface area contributed by atoms with E-state index in [1.807, 2.05) is 6.07 Å². The molecule has 4 rings (SSSR count). The van der Waals surface area contributed by atoms with Crippen LogP contribution in [0.5, 0.6) is 0 Å². The highest BCUT2D eigenvalue weighted by Crippen LogP contribution is 2.35. The molecular formula is C19H17N3O3S. The number of ketones is 2. The lowest BCUT2D eigenvalue weighted by atomic mass is 9.87. The number of rotatable bonds is 5. The summed E-state index contributed by atoms with van der Waals surface area (Å²) in [6.45, 7) is 0. The number of Topliss-reactive ketones (excluding diaryl/α,β-unsaturated/α-hetero) is 1. The van der Waals surface area contributed by atoms with Crippen molar-refractivity contribution in [2.45, 2.75) is 19.3 Å². The van der Waals surface area contributed by atoms with Crippen molar-refractivity contribution >= 4 is 34.9 Å². The molecule has 1 saturated carbocycles. The fourth-order valence-corrected chi connectivity index (χ4v) is 4.14. The van der Waals surface area contributed by atoms with Gasteiger partial charge >= 0.3 is 0 Å². The Morgan fingerprint density at radius 2 is 2.00 bits per heavy atom. The predicted molar refractivity (Wildman–Crippen MR) is 99.5 cm³/mol. The van der Waals surface area contributed by atoms with Gasteiger partial charge in [-0.2, -0.15) is 5.10 Å². The highest BCUT2D eigenvalue weighted by Gasteiger charge is 2.34.